The van der Waals surface area contributed by atoms with Gasteiger partial charge in [-0.2, -0.15) is 0 Å². The molecular formula is C29H33NO4. The number of aryl methyl sites for hydroxylation is 1. The molecule has 2 aliphatic carbocycles. The first-order chi connectivity index (χ1) is 16.4. The Labute approximate surface area is 202 Å². The molecule has 4 rings (SSSR count). The summed E-state index contributed by atoms with van der Waals surface area (Å²) < 4.78 is 6.14. The molecule has 0 aliphatic heterocycles. The van der Waals surface area contributed by atoms with E-state index in [0.29, 0.717) is 19.4 Å². The van der Waals surface area contributed by atoms with Gasteiger partial charge in [0, 0.05) is 5.56 Å². The minimum absolute atomic E-state index is 0.0829. The zero-order valence-corrected chi connectivity index (χ0v) is 20.0. The highest BCUT2D eigenvalue weighted by molar-refractivity contribution is 6.04. The van der Waals surface area contributed by atoms with Gasteiger partial charge in [0.25, 0.3) is 0 Å². The van der Waals surface area contributed by atoms with Gasteiger partial charge in [-0.15, -0.1) is 6.42 Å². The number of benzene rings is 2. The molecule has 2 aromatic carbocycles. The maximum Gasteiger partial charge on any atom is 0.309 e. The lowest BCUT2D eigenvalue weighted by molar-refractivity contribution is -0.156. The van der Waals surface area contributed by atoms with Gasteiger partial charge in [0.05, 0.1) is 17.7 Å². The van der Waals surface area contributed by atoms with Gasteiger partial charge in [0.2, 0.25) is 0 Å². The highest BCUT2D eigenvalue weighted by Gasteiger charge is 2.56. The van der Waals surface area contributed by atoms with Crippen molar-refractivity contribution in [2.45, 2.75) is 57.8 Å². The van der Waals surface area contributed by atoms with Crippen LogP contribution in [0.25, 0.3) is 0 Å². The monoisotopic (exact) mass is 459 g/mol. The molecule has 0 spiro atoms. The maximum absolute atomic E-state index is 12.4. The van der Waals surface area contributed by atoms with Crippen LogP contribution in [0.1, 0.15) is 62.6 Å². The topological polar surface area (TPSA) is 68.1 Å². The number of aliphatic carboxylic acids is 1. The van der Waals surface area contributed by atoms with E-state index >= 15 is 0 Å². The van der Waals surface area contributed by atoms with Gasteiger partial charge in [-0.3, -0.25) is 4.79 Å². The van der Waals surface area contributed by atoms with Crippen molar-refractivity contribution in [3.8, 4) is 18.1 Å². The van der Waals surface area contributed by atoms with Crippen molar-refractivity contribution in [3.63, 3.8) is 0 Å². The Kier molecular flexibility index (Phi) is 6.97. The summed E-state index contributed by atoms with van der Waals surface area (Å²) in [5, 5.41) is 14.5. The zero-order valence-electron chi connectivity index (χ0n) is 20.0. The number of carboxylic acids is 1. The van der Waals surface area contributed by atoms with Crippen LogP contribution in [0.15, 0.2) is 53.7 Å². The van der Waals surface area contributed by atoms with Gasteiger partial charge in [0.15, 0.2) is 6.61 Å². The summed E-state index contributed by atoms with van der Waals surface area (Å²) in [5.74, 6) is 2.40. The third-order valence-corrected chi connectivity index (χ3v) is 7.78. The van der Waals surface area contributed by atoms with Crippen LogP contribution in [-0.2, 0) is 21.5 Å². The van der Waals surface area contributed by atoms with Crippen molar-refractivity contribution in [1.82, 2.24) is 0 Å². The fourth-order valence-corrected chi connectivity index (χ4v) is 5.89. The lowest BCUT2D eigenvalue weighted by Crippen LogP contribution is -2.53. The smallest absolute Gasteiger partial charge is 0.309 e. The van der Waals surface area contributed by atoms with Gasteiger partial charge in [0.1, 0.15) is 5.75 Å². The summed E-state index contributed by atoms with van der Waals surface area (Å²) >= 11 is 0. The first-order valence-corrected chi connectivity index (χ1v) is 12.1. The lowest BCUT2D eigenvalue weighted by atomic mass is 9.49. The summed E-state index contributed by atoms with van der Waals surface area (Å²) in [6.45, 7) is 4.79. The van der Waals surface area contributed by atoms with Crippen molar-refractivity contribution in [2.75, 3.05) is 13.2 Å². The highest BCUT2D eigenvalue weighted by atomic mass is 16.6. The summed E-state index contributed by atoms with van der Waals surface area (Å²) in [6, 6.07) is 16.5. The van der Waals surface area contributed by atoms with Crippen LogP contribution in [0, 0.1) is 23.7 Å². The van der Waals surface area contributed by atoms with Crippen LogP contribution >= 0.6 is 0 Å². The molecule has 34 heavy (non-hydrogen) atoms. The van der Waals surface area contributed by atoms with Crippen molar-refractivity contribution in [3.05, 3.63) is 65.2 Å². The van der Waals surface area contributed by atoms with Gasteiger partial charge in [-0.1, -0.05) is 54.8 Å². The number of carboxylic acid groups (broad SMARTS) is 1. The number of carbonyl (C=O) groups is 1. The zero-order chi connectivity index (χ0) is 24.2. The minimum atomic E-state index is -0.829. The molecule has 0 unspecified atom stereocenters. The van der Waals surface area contributed by atoms with E-state index in [0.717, 1.165) is 48.3 Å². The number of hydrogen-bond donors (Lipinski definition) is 1. The van der Waals surface area contributed by atoms with Crippen LogP contribution in [0.4, 0.5) is 0 Å². The van der Waals surface area contributed by atoms with E-state index in [2.05, 4.69) is 48.3 Å². The van der Waals surface area contributed by atoms with Gasteiger partial charge in [-0.25, -0.2) is 0 Å². The largest absolute Gasteiger partial charge is 0.494 e. The molecule has 5 heteroatoms. The van der Waals surface area contributed by atoms with E-state index in [-0.39, 0.29) is 17.9 Å². The molecule has 0 radical (unpaired) electrons. The fourth-order valence-electron chi connectivity index (χ4n) is 5.89. The Balaban J connectivity index is 1.61. The third kappa shape index (κ3) is 4.55. The van der Waals surface area contributed by atoms with E-state index in [1.165, 1.54) is 5.56 Å². The number of rotatable bonds is 8. The molecule has 0 bridgehead atoms. The van der Waals surface area contributed by atoms with Gasteiger partial charge in [-0.05, 0) is 79.7 Å². The molecule has 178 valence electrons. The molecule has 1 fully saturated rings. The number of nitrogens with zero attached hydrogens (tertiary/aromatic N) is 1. The van der Waals surface area contributed by atoms with Crippen LogP contribution in [-0.4, -0.2) is 30.0 Å². The van der Waals surface area contributed by atoms with Crippen molar-refractivity contribution >= 4 is 11.7 Å². The van der Waals surface area contributed by atoms with Crippen molar-refractivity contribution in [1.29, 1.82) is 0 Å². The molecule has 1 saturated carbocycles. The molecule has 0 aromatic heterocycles. The second-order valence-electron chi connectivity index (χ2n) is 9.91. The number of terminal acetylenes is 1. The van der Waals surface area contributed by atoms with E-state index < -0.39 is 11.4 Å². The van der Waals surface area contributed by atoms with Crippen molar-refractivity contribution < 1.29 is 19.5 Å². The molecule has 0 heterocycles. The van der Waals surface area contributed by atoms with Crippen LogP contribution in [0.3, 0.4) is 0 Å². The normalized spacial score (nSPS) is 26.7. The summed E-state index contributed by atoms with van der Waals surface area (Å²) in [5.41, 5.74) is 3.05. The minimum Gasteiger partial charge on any atom is -0.494 e. The molecule has 5 nitrogen and oxygen atoms in total. The number of oxime groups is 1. The summed E-state index contributed by atoms with van der Waals surface area (Å²) in [7, 11) is 0. The van der Waals surface area contributed by atoms with Crippen molar-refractivity contribution in [2.24, 2.45) is 16.5 Å². The molecule has 1 N–H and O–H groups in total. The number of fused-ring (bicyclic) bond motifs is 3. The van der Waals surface area contributed by atoms with Gasteiger partial charge >= 0.3 is 5.97 Å². The maximum atomic E-state index is 12.4. The van der Waals surface area contributed by atoms with Crippen LogP contribution in [0.2, 0.25) is 0 Å². The van der Waals surface area contributed by atoms with E-state index in [1.54, 1.807) is 0 Å². The molecule has 2 aliphatic rings. The standard InChI is InChI=1S/C29H33NO4/c1-4-17-34-30-25-20-26-28(2,15-9-16-29(26,3)27(31)32)24-19-22(13-14-23(24)25)33-18-8-12-21-10-6-5-7-11-21/h1,5-7,10-11,13-14,19,26H,8-9,12,15-18,20H2,2-3H3,(H,31,32)/b30-25+/t26-,28-,29+/m1/s1. The average Bonchev–Trinajstić information content (AvgIpc) is 2.83. The van der Waals surface area contributed by atoms with E-state index in [1.807, 2.05) is 25.1 Å². The Hall–Kier alpha value is -3.26. The second-order valence-corrected chi connectivity index (χ2v) is 9.91. The Morgan fingerprint density at radius 2 is 2.00 bits per heavy atom. The fraction of sp³-hybridized carbons (Fsp3) is 0.448. The number of hydrogen-bond acceptors (Lipinski definition) is 4. The lowest BCUT2D eigenvalue weighted by Gasteiger charge is -2.53. The second kappa shape index (κ2) is 9.93. The quantitative estimate of drug-likeness (QED) is 0.317. The molecule has 2 aromatic rings. The first-order valence-electron chi connectivity index (χ1n) is 12.1. The Morgan fingerprint density at radius 1 is 1.21 bits per heavy atom. The van der Waals surface area contributed by atoms with Crippen LogP contribution in [0.5, 0.6) is 5.75 Å². The molecule has 0 saturated heterocycles. The van der Waals surface area contributed by atoms with Crippen LogP contribution < -0.4 is 4.74 Å². The Morgan fingerprint density at radius 3 is 2.74 bits per heavy atom. The summed E-state index contributed by atoms with van der Waals surface area (Å²) in [4.78, 5) is 17.7. The summed E-state index contributed by atoms with van der Waals surface area (Å²) in [6.07, 6.45) is 10.2. The molecule has 3 atom stereocenters. The number of ether oxygens (including phenoxy) is 1. The molecular weight excluding hydrogens is 426 g/mol. The highest BCUT2D eigenvalue weighted by Crippen LogP contribution is 2.57. The first kappa shape index (κ1) is 23.9. The Bertz CT molecular complexity index is 1100. The molecule has 0 amide bonds. The third-order valence-electron chi connectivity index (χ3n) is 7.78. The van der Waals surface area contributed by atoms with E-state index in [9.17, 15) is 9.90 Å². The average molecular weight is 460 g/mol. The SMILES string of the molecule is C#CCO/N=C1\C[C@H]2[C@@](C)(C(=O)O)CCC[C@]2(C)c2cc(OCCCc3ccccc3)ccc21. The predicted molar refractivity (Wildman–Crippen MR) is 133 cm³/mol. The van der Waals surface area contributed by atoms with E-state index in [4.69, 9.17) is 16.0 Å². The van der Waals surface area contributed by atoms with Gasteiger partial charge < -0.3 is 14.7 Å². The predicted octanol–water partition coefficient (Wildman–Crippen LogP) is 5.60.